The fraction of sp³-hybridized carbons (Fsp3) is 0.900. The fourth-order valence-corrected chi connectivity index (χ4v) is 2.82. The summed E-state index contributed by atoms with van der Waals surface area (Å²) in [5, 5.41) is 4.66. The van der Waals surface area contributed by atoms with Crippen molar-refractivity contribution in [1.82, 2.24) is 5.32 Å². The number of thioether (sulfide) groups is 2. The summed E-state index contributed by atoms with van der Waals surface area (Å²) in [4.78, 5) is 4.57. The molecule has 1 fully saturated rings. The SMILES string of the molecule is CCC1CCSC(=NCCCSC)N1. The third-order valence-electron chi connectivity index (χ3n) is 2.29. The molecule has 0 amide bonds. The van der Waals surface area contributed by atoms with E-state index >= 15 is 0 Å². The molecule has 14 heavy (non-hydrogen) atoms. The molecule has 1 heterocycles. The van der Waals surface area contributed by atoms with Gasteiger partial charge in [-0.3, -0.25) is 4.99 Å². The first-order valence-electron chi connectivity index (χ1n) is 5.29. The van der Waals surface area contributed by atoms with Gasteiger partial charge in [0.05, 0.1) is 0 Å². The molecular formula is C10H20N2S2. The molecule has 82 valence electrons. The molecule has 0 aliphatic carbocycles. The minimum Gasteiger partial charge on any atom is -0.362 e. The molecular weight excluding hydrogens is 212 g/mol. The molecule has 1 unspecified atom stereocenters. The highest BCUT2D eigenvalue weighted by Gasteiger charge is 2.14. The van der Waals surface area contributed by atoms with Crippen LogP contribution in [0, 0.1) is 0 Å². The van der Waals surface area contributed by atoms with Crippen LogP contribution in [0.4, 0.5) is 0 Å². The first kappa shape index (κ1) is 12.2. The van der Waals surface area contributed by atoms with Gasteiger partial charge in [-0.15, -0.1) is 0 Å². The second-order valence-electron chi connectivity index (χ2n) is 3.42. The maximum absolute atomic E-state index is 4.57. The molecule has 0 aromatic rings. The van der Waals surface area contributed by atoms with Crippen molar-refractivity contribution in [3.63, 3.8) is 0 Å². The van der Waals surface area contributed by atoms with Gasteiger partial charge in [-0.05, 0) is 31.3 Å². The molecule has 1 saturated heterocycles. The Bertz CT molecular complexity index is 183. The van der Waals surface area contributed by atoms with Crippen molar-refractivity contribution >= 4 is 28.7 Å². The maximum atomic E-state index is 4.57. The predicted molar refractivity (Wildman–Crippen MR) is 69.6 cm³/mol. The van der Waals surface area contributed by atoms with Crippen LogP contribution in [0.2, 0.25) is 0 Å². The second-order valence-corrected chi connectivity index (χ2v) is 5.49. The largest absolute Gasteiger partial charge is 0.362 e. The fourth-order valence-electron chi connectivity index (χ4n) is 1.37. The Morgan fingerprint density at radius 1 is 1.64 bits per heavy atom. The average molecular weight is 232 g/mol. The number of rotatable bonds is 5. The minimum absolute atomic E-state index is 0.663. The third-order valence-corrected chi connectivity index (χ3v) is 3.94. The van der Waals surface area contributed by atoms with Crippen molar-refractivity contribution in [1.29, 1.82) is 0 Å². The molecule has 1 aliphatic heterocycles. The van der Waals surface area contributed by atoms with Crippen molar-refractivity contribution in [2.24, 2.45) is 4.99 Å². The van der Waals surface area contributed by atoms with Crippen molar-refractivity contribution in [2.75, 3.05) is 24.3 Å². The zero-order valence-corrected chi connectivity index (χ0v) is 10.7. The van der Waals surface area contributed by atoms with Gasteiger partial charge in [0.2, 0.25) is 0 Å². The molecule has 1 atom stereocenters. The van der Waals surface area contributed by atoms with Gasteiger partial charge in [0.15, 0.2) is 5.17 Å². The van der Waals surface area contributed by atoms with Crippen molar-refractivity contribution in [3.8, 4) is 0 Å². The van der Waals surface area contributed by atoms with Gasteiger partial charge < -0.3 is 5.32 Å². The van der Waals surface area contributed by atoms with Gasteiger partial charge in [-0.2, -0.15) is 11.8 Å². The maximum Gasteiger partial charge on any atom is 0.156 e. The Morgan fingerprint density at radius 2 is 2.50 bits per heavy atom. The Balaban J connectivity index is 2.21. The second kappa shape index (κ2) is 7.46. The molecule has 0 radical (unpaired) electrons. The number of amidine groups is 1. The van der Waals surface area contributed by atoms with E-state index in [1.807, 2.05) is 23.5 Å². The van der Waals surface area contributed by atoms with Crippen LogP contribution >= 0.6 is 23.5 Å². The van der Waals surface area contributed by atoms with Crippen LogP contribution in [0.5, 0.6) is 0 Å². The summed E-state index contributed by atoms with van der Waals surface area (Å²) in [5.41, 5.74) is 0. The topological polar surface area (TPSA) is 24.4 Å². The molecule has 0 spiro atoms. The normalized spacial score (nSPS) is 25.0. The predicted octanol–water partition coefficient (Wildman–Crippen LogP) is 2.60. The van der Waals surface area contributed by atoms with Crippen LogP contribution in [-0.2, 0) is 0 Å². The van der Waals surface area contributed by atoms with Crippen LogP contribution in [0.15, 0.2) is 4.99 Å². The van der Waals surface area contributed by atoms with Gasteiger partial charge >= 0.3 is 0 Å². The summed E-state index contributed by atoms with van der Waals surface area (Å²) < 4.78 is 0. The number of hydrogen-bond donors (Lipinski definition) is 1. The molecule has 2 nitrogen and oxygen atoms in total. The van der Waals surface area contributed by atoms with E-state index < -0.39 is 0 Å². The van der Waals surface area contributed by atoms with E-state index in [4.69, 9.17) is 0 Å². The molecule has 0 aromatic heterocycles. The number of hydrogen-bond acceptors (Lipinski definition) is 3. The smallest absolute Gasteiger partial charge is 0.156 e. The Morgan fingerprint density at radius 3 is 3.21 bits per heavy atom. The first-order chi connectivity index (χ1) is 6.86. The van der Waals surface area contributed by atoms with Gasteiger partial charge in [0, 0.05) is 18.3 Å². The van der Waals surface area contributed by atoms with E-state index in [9.17, 15) is 0 Å². The lowest BCUT2D eigenvalue weighted by Gasteiger charge is -2.24. The van der Waals surface area contributed by atoms with E-state index in [1.165, 1.54) is 35.9 Å². The number of nitrogens with zero attached hydrogens (tertiary/aromatic N) is 1. The Kier molecular flexibility index (Phi) is 6.52. The molecule has 4 heteroatoms. The van der Waals surface area contributed by atoms with Crippen LogP contribution < -0.4 is 5.32 Å². The summed E-state index contributed by atoms with van der Waals surface area (Å²) in [5.74, 6) is 2.45. The van der Waals surface area contributed by atoms with Crippen molar-refractivity contribution < 1.29 is 0 Å². The van der Waals surface area contributed by atoms with Gasteiger partial charge in [-0.25, -0.2) is 0 Å². The first-order valence-corrected chi connectivity index (χ1v) is 7.67. The van der Waals surface area contributed by atoms with Crippen LogP contribution in [0.1, 0.15) is 26.2 Å². The lowest BCUT2D eigenvalue weighted by Crippen LogP contribution is -2.37. The number of aliphatic imine (C=N–C) groups is 1. The zero-order chi connectivity index (χ0) is 10.2. The lowest BCUT2D eigenvalue weighted by atomic mass is 10.2. The quantitative estimate of drug-likeness (QED) is 0.737. The minimum atomic E-state index is 0.663. The standard InChI is InChI=1S/C10H20N2S2/c1-3-9-5-8-14-10(12-9)11-6-4-7-13-2/h9H,3-8H2,1-2H3,(H,11,12). The van der Waals surface area contributed by atoms with Gasteiger partial charge in [-0.1, -0.05) is 18.7 Å². The molecule has 1 aliphatic rings. The van der Waals surface area contributed by atoms with Crippen LogP contribution in [0.3, 0.4) is 0 Å². The average Bonchev–Trinajstić information content (AvgIpc) is 2.25. The Hall–Kier alpha value is 0.170. The van der Waals surface area contributed by atoms with E-state index in [1.54, 1.807) is 0 Å². The van der Waals surface area contributed by atoms with E-state index in [0.717, 1.165) is 6.54 Å². The molecule has 0 saturated carbocycles. The molecule has 1 N–H and O–H groups in total. The van der Waals surface area contributed by atoms with E-state index in [-0.39, 0.29) is 0 Å². The van der Waals surface area contributed by atoms with Gasteiger partial charge in [0.25, 0.3) is 0 Å². The van der Waals surface area contributed by atoms with Crippen molar-refractivity contribution in [3.05, 3.63) is 0 Å². The van der Waals surface area contributed by atoms with Crippen LogP contribution in [-0.4, -0.2) is 35.5 Å². The number of nitrogens with one attached hydrogen (secondary N) is 1. The summed E-state index contributed by atoms with van der Waals surface area (Å²) >= 11 is 3.77. The third kappa shape index (κ3) is 4.60. The molecule has 1 rings (SSSR count). The van der Waals surface area contributed by atoms with Crippen molar-refractivity contribution in [2.45, 2.75) is 32.2 Å². The zero-order valence-electron chi connectivity index (χ0n) is 9.08. The summed E-state index contributed by atoms with van der Waals surface area (Å²) in [6.07, 6.45) is 5.84. The van der Waals surface area contributed by atoms with E-state index in [0.29, 0.717) is 6.04 Å². The Labute approximate surface area is 95.7 Å². The lowest BCUT2D eigenvalue weighted by molar-refractivity contribution is 0.570. The summed E-state index contributed by atoms with van der Waals surface area (Å²) in [6, 6.07) is 0.663. The summed E-state index contributed by atoms with van der Waals surface area (Å²) in [7, 11) is 0. The monoisotopic (exact) mass is 232 g/mol. The highest BCUT2D eigenvalue weighted by molar-refractivity contribution is 8.13. The highest BCUT2D eigenvalue weighted by Crippen LogP contribution is 2.15. The van der Waals surface area contributed by atoms with Crippen LogP contribution in [0.25, 0.3) is 0 Å². The van der Waals surface area contributed by atoms with E-state index in [2.05, 4.69) is 23.5 Å². The highest BCUT2D eigenvalue weighted by atomic mass is 32.2. The summed E-state index contributed by atoms with van der Waals surface area (Å²) in [6.45, 7) is 3.21. The molecule has 0 bridgehead atoms. The molecule has 0 aromatic carbocycles. The van der Waals surface area contributed by atoms with Gasteiger partial charge in [0.1, 0.15) is 0 Å².